The Labute approximate surface area is 197 Å². The lowest BCUT2D eigenvalue weighted by Crippen LogP contribution is -2.42. The summed E-state index contributed by atoms with van der Waals surface area (Å²) in [4.78, 5) is 12.0. The quantitative estimate of drug-likeness (QED) is 0.134. The normalized spacial score (nSPS) is 13.5. The first kappa shape index (κ1) is 29.6. The first-order chi connectivity index (χ1) is 15.6. The maximum Gasteiger partial charge on any atom is 0.244 e. The van der Waals surface area contributed by atoms with Gasteiger partial charge in [-0.25, -0.2) is 0 Å². The molecule has 0 aromatic carbocycles. The van der Waals surface area contributed by atoms with Crippen LogP contribution in [0.5, 0.6) is 0 Å². The van der Waals surface area contributed by atoms with Crippen molar-refractivity contribution < 1.29 is 9.90 Å². The first-order valence-electron chi connectivity index (χ1n) is 12.2. The molecule has 178 valence electrons. The van der Waals surface area contributed by atoms with Crippen LogP contribution >= 0.6 is 0 Å². The van der Waals surface area contributed by atoms with Crippen molar-refractivity contribution in [1.82, 2.24) is 5.32 Å². The number of hydrogen-bond donors (Lipinski definition) is 2. The van der Waals surface area contributed by atoms with E-state index in [4.69, 9.17) is 0 Å². The first-order valence-corrected chi connectivity index (χ1v) is 12.2. The number of carbonyl (C=O) groups is 1. The molecule has 3 nitrogen and oxygen atoms in total. The van der Waals surface area contributed by atoms with Gasteiger partial charge in [-0.05, 0) is 32.1 Å². The number of unbranched alkanes of at least 4 members (excludes halogenated alkanes) is 3. The molecule has 0 radical (unpaired) electrons. The molecule has 0 bridgehead atoms. The monoisotopic (exact) mass is 439 g/mol. The molecule has 0 saturated heterocycles. The fraction of sp³-hybridized carbons (Fsp3) is 0.483. The van der Waals surface area contributed by atoms with Crippen LogP contribution in [0.15, 0.2) is 85.1 Å². The molecular formula is C29H45NO2. The Morgan fingerprint density at radius 2 is 1.19 bits per heavy atom. The molecule has 0 unspecified atom stereocenters. The van der Waals surface area contributed by atoms with E-state index in [1.54, 1.807) is 6.08 Å². The predicted octanol–water partition coefficient (Wildman–Crippen LogP) is 7.30. The van der Waals surface area contributed by atoms with Gasteiger partial charge in [-0.1, -0.05) is 125 Å². The summed E-state index contributed by atoms with van der Waals surface area (Å²) in [5, 5.41) is 13.6. The lowest BCUT2D eigenvalue weighted by Gasteiger charge is -2.28. The van der Waals surface area contributed by atoms with Crippen molar-refractivity contribution in [3.8, 4) is 0 Å². The van der Waals surface area contributed by atoms with Crippen molar-refractivity contribution in [1.29, 1.82) is 0 Å². The smallest absolute Gasteiger partial charge is 0.244 e. The van der Waals surface area contributed by atoms with Gasteiger partial charge in [0.1, 0.15) is 0 Å². The van der Waals surface area contributed by atoms with Crippen LogP contribution in [0.1, 0.15) is 78.6 Å². The number of nitrogens with one attached hydrogen (secondary N) is 1. The molecule has 3 heteroatoms. The Morgan fingerprint density at radius 3 is 1.69 bits per heavy atom. The lowest BCUT2D eigenvalue weighted by atomic mass is 9.91. The number of hydrogen-bond acceptors (Lipinski definition) is 2. The van der Waals surface area contributed by atoms with E-state index >= 15 is 0 Å². The minimum atomic E-state index is -0.791. The highest BCUT2D eigenvalue weighted by Gasteiger charge is 2.25. The van der Waals surface area contributed by atoms with E-state index in [1.807, 2.05) is 42.5 Å². The number of allylic oxidation sites excluding steroid dienone is 13. The second kappa shape index (κ2) is 21.8. The number of rotatable bonds is 18. The van der Waals surface area contributed by atoms with Crippen molar-refractivity contribution in [2.45, 2.75) is 84.2 Å². The Bertz CT molecular complexity index is 655. The van der Waals surface area contributed by atoms with E-state index in [1.165, 1.54) is 6.08 Å². The summed E-state index contributed by atoms with van der Waals surface area (Å²) < 4.78 is 0. The van der Waals surface area contributed by atoms with Gasteiger partial charge in [-0.2, -0.15) is 0 Å². The van der Waals surface area contributed by atoms with Crippen molar-refractivity contribution in [3.63, 3.8) is 0 Å². The molecule has 0 saturated carbocycles. The van der Waals surface area contributed by atoms with E-state index < -0.39 is 5.60 Å². The van der Waals surface area contributed by atoms with Crippen LogP contribution in [0.4, 0.5) is 0 Å². The minimum absolute atomic E-state index is 0.167. The van der Waals surface area contributed by atoms with Crippen LogP contribution in [-0.4, -0.2) is 23.2 Å². The third-order valence-corrected chi connectivity index (χ3v) is 4.86. The zero-order chi connectivity index (χ0) is 23.8. The van der Waals surface area contributed by atoms with Gasteiger partial charge in [0.2, 0.25) is 5.91 Å². The minimum Gasteiger partial charge on any atom is -0.388 e. The van der Waals surface area contributed by atoms with Crippen LogP contribution in [0.3, 0.4) is 0 Å². The Morgan fingerprint density at radius 1 is 0.719 bits per heavy atom. The standard InChI is InChI=1S/C29H45NO2/c1-4-7-10-11-12-13-14-15-16-17-18-19-20-21-22-23-24-28(31)30-27-29(32,25-8-5-2)26-9-6-3/h7,10-16,19-24,32H,4-6,8-9,17-18,25-27H2,1-3H3,(H,30,31). The van der Waals surface area contributed by atoms with Gasteiger partial charge in [-0.3, -0.25) is 4.79 Å². The highest BCUT2D eigenvalue weighted by atomic mass is 16.3. The van der Waals surface area contributed by atoms with Gasteiger partial charge >= 0.3 is 0 Å². The maximum atomic E-state index is 12.0. The highest BCUT2D eigenvalue weighted by Crippen LogP contribution is 2.20. The molecule has 0 atom stereocenters. The molecule has 0 rings (SSSR count). The van der Waals surface area contributed by atoms with Gasteiger partial charge in [-0.15, -0.1) is 0 Å². The molecule has 0 aromatic heterocycles. The van der Waals surface area contributed by atoms with Crippen LogP contribution < -0.4 is 5.32 Å². The Hall–Kier alpha value is -2.39. The van der Waals surface area contributed by atoms with Gasteiger partial charge in [0.05, 0.1) is 5.60 Å². The summed E-state index contributed by atoms with van der Waals surface area (Å²) in [6.07, 6.45) is 36.1. The number of carbonyl (C=O) groups excluding carboxylic acids is 1. The molecule has 0 fully saturated rings. The van der Waals surface area contributed by atoms with Crippen molar-refractivity contribution in [2.24, 2.45) is 0 Å². The summed E-state index contributed by atoms with van der Waals surface area (Å²) >= 11 is 0. The van der Waals surface area contributed by atoms with E-state index in [9.17, 15) is 9.90 Å². The Balaban J connectivity index is 4.10. The summed E-state index contributed by atoms with van der Waals surface area (Å²) in [7, 11) is 0. The van der Waals surface area contributed by atoms with Gasteiger partial charge in [0, 0.05) is 12.6 Å². The van der Waals surface area contributed by atoms with Crippen LogP contribution in [-0.2, 0) is 4.79 Å². The van der Waals surface area contributed by atoms with Crippen LogP contribution in [0, 0.1) is 0 Å². The highest BCUT2D eigenvalue weighted by molar-refractivity contribution is 5.87. The maximum absolute atomic E-state index is 12.0. The van der Waals surface area contributed by atoms with Gasteiger partial charge in [0.25, 0.3) is 0 Å². The molecule has 0 aliphatic carbocycles. The molecule has 0 aromatic rings. The SMILES string of the molecule is CCC=CC=CC=CC=CCCC=CC=CC=CC(=O)NCC(O)(CCCC)CCCC. The fourth-order valence-corrected chi connectivity index (χ4v) is 2.91. The molecule has 0 heterocycles. The topological polar surface area (TPSA) is 49.3 Å². The molecule has 1 amide bonds. The molecule has 0 aliphatic heterocycles. The zero-order valence-corrected chi connectivity index (χ0v) is 20.5. The largest absolute Gasteiger partial charge is 0.388 e. The second-order valence-corrected chi connectivity index (χ2v) is 7.93. The van der Waals surface area contributed by atoms with Crippen molar-refractivity contribution >= 4 is 5.91 Å². The lowest BCUT2D eigenvalue weighted by molar-refractivity contribution is -0.118. The number of aliphatic hydroxyl groups is 1. The van der Waals surface area contributed by atoms with E-state index in [2.05, 4.69) is 56.5 Å². The molecule has 32 heavy (non-hydrogen) atoms. The summed E-state index contributed by atoms with van der Waals surface area (Å²) in [6.45, 7) is 6.66. The van der Waals surface area contributed by atoms with Crippen LogP contribution in [0.25, 0.3) is 0 Å². The number of amides is 1. The third-order valence-electron chi connectivity index (χ3n) is 4.86. The zero-order valence-electron chi connectivity index (χ0n) is 20.5. The van der Waals surface area contributed by atoms with Crippen LogP contribution in [0.2, 0.25) is 0 Å². The fourth-order valence-electron chi connectivity index (χ4n) is 2.91. The van der Waals surface area contributed by atoms with Gasteiger partial charge < -0.3 is 10.4 Å². The average molecular weight is 440 g/mol. The Kier molecular flexibility index (Phi) is 20.2. The van der Waals surface area contributed by atoms with Crippen molar-refractivity contribution in [2.75, 3.05) is 6.54 Å². The molecule has 0 spiro atoms. The summed E-state index contributed by atoms with van der Waals surface area (Å²) in [6, 6.07) is 0. The van der Waals surface area contributed by atoms with Crippen molar-refractivity contribution in [3.05, 3.63) is 85.1 Å². The van der Waals surface area contributed by atoms with E-state index in [0.717, 1.165) is 57.8 Å². The van der Waals surface area contributed by atoms with E-state index in [0.29, 0.717) is 6.54 Å². The van der Waals surface area contributed by atoms with Gasteiger partial charge in [0.15, 0.2) is 0 Å². The van der Waals surface area contributed by atoms with E-state index in [-0.39, 0.29) is 5.91 Å². The summed E-state index contributed by atoms with van der Waals surface area (Å²) in [5.74, 6) is -0.167. The average Bonchev–Trinajstić information content (AvgIpc) is 2.80. The predicted molar refractivity (Wildman–Crippen MR) is 141 cm³/mol. The molecular weight excluding hydrogens is 394 g/mol. The summed E-state index contributed by atoms with van der Waals surface area (Å²) in [5.41, 5.74) is -0.791. The second-order valence-electron chi connectivity index (χ2n) is 7.93. The third kappa shape index (κ3) is 19.6. The molecule has 0 aliphatic rings. The molecule has 2 N–H and O–H groups in total.